The summed E-state index contributed by atoms with van der Waals surface area (Å²) in [5.41, 5.74) is 5.97. The highest BCUT2D eigenvalue weighted by Crippen LogP contribution is 2.41. The van der Waals surface area contributed by atoms with E-state index in [2.05, 4.69) is 35.1 Å². The quantitative estimate of drug-likeness (QED) is 0.524. The maximum absolute atomic E-state index is 12.9. The van der Waals surface area contributed by atoms with E-state index in [1.807, 2.05) is 36.4 Å². The lowest BCUT2D eigenvalue weighted by molar-refractivity contribution is 0.305. The zero-order valence-electron chi connectivity index (χ0n) is 18.3. The van der Waals surface area contributed by atoms with Gasteiger partial charge in [-0.2, -0.15) is 0 Å². The third-order valence-corrected chi connectivity index (χ3v) is 7.11. The Morgan fingerprint density at radius 2 is 1.94 bits per heavy atom. The zero-order chi connectivity index (χ0) is 21.7. The predicted molar refractivity (Wildman–Crippen MR) is 126 cm³/mol. The maximum Gasteiger partial charge on any atom is 0.258 e. The minimum atomic E-state index is -0.0913. The molecular weight excluding hydrogens is 398 g/mol. The van der Waals surface area contributed by atoms with Crippen molar-refractivity contribution in [2.75, 3.05) is 6.54 Å². The van der Waals surface area contributed by atoms with Gasteiger partial charge >= 0.3 is 0 Å². The highest BCUT2D eigenvalue weighted by Gasteiger charge is 2.32. The van der Waals surface area contributed by atoms with Crippen molar-refractivity contribution in [3.63, 3.8) is 0 Å². The molecule has 2 unspecified atom stereocenters. The molecule has 1 fully saturated rings. The predicted octanol–water partition coefficient (Wildman–Crippen LogP) is 4.51. The summed E-state index contributed by atoms with van der Waals surface area (Å²) in [5, 5.41) is 5.05. The molecule has 4 heterocycles. The smallest absolute Gasteiger partial charge is 0.258 e. The van der Waals surface area contributed by atoms with Crippen molar-refractivity contribution in [3.05, 3.63) is 94.0 Å². The third-order valence-electron chi connectivity index (χ3n) is 7.11. The van der Waals surface area contributed by atoms with Gasteiger partial charge in [0.15, 0.2) is 0 Å². The molecule has 2 bridgehead atoms. The van der Waals surface area contributed by atoms with Crippen molar-refractivity contribution in [2.45, 2.75) is 31.9 Å². The Kier molecular flexibility index (Phi) is 4.65. The summed E-state index contributed by atoms with van der Waals surface area (Å²) in [6.07, 6.45) is 5.45. The molecule has 5 heteroatoms. The number of nitrogens with one attached hydrogen (secondary N) is 1. The largest absolute Gasteiger partial charge is 0.489 e. The van der Waals surface area contributed by atoms with E-state index < -0.39 is 0 Å². The Labute approximate surface area is 187 Å². The molecule has 1 saturated heterocycles. The molecule has 2 aliphatic heterocycles. The van der Waals surface area contributed by atoms with E-state index in [-0.39, 0.29) is 5.56 Å². The summed E-state index contributed by atoms with van der Waals surface area (Å²) in [6, 6.07) is 20.2. The van der Waals surface area contributed by atoms with E-state index in [0.717, 1.165) is 30.1 Å². The number of rotatable bonds is 4. The third kappa shape index (κ3) is 3.24. The van der Waals surface area contributed by atoms with Crippen molar-refractivity contribution in [3.8, 4) is 11.4 Å². The van der Waals surface area contributed by atoms with Gasteiger partial charge in [-0.15, -0.1) is 0 Å². The Morgan fingerprint density at radius 1 is 1.06 bits per heavy atom. The average molecular weight is 426 g/mol. The van der Waals surface area contributed by atoms with Gasteiger partial charge in [-0.05, 0) is 61.1 Å². The number of fused-ring (bicyclic) bond motifs is 3. The summed E-state index contributed by atoms with van der Waals surface area (Å²) in [5.74, 6) is 1.31. The van der Waals surface area contributed by atoms with Crippen LogP contribution >= 0.6 is 0 Å². The second kappa shape index (κ2) is 7.68. The minimum absolute atomic E-state index is 0.0913. The highest BCUT2D eigenvalue weighted by molar-refractivity contribution is 5.88. The fraction of sp³-hybridized carbons (Fsp3) is 0.296. The van der Waals surface area contributed by atoms with Crippen LogP contribution in [-0.2, 0) is 20.1 Å². The molecule has 4 aromatic rings. The van der Waals surface area contributed by atoms with Gasteiger partial charge in [0.25, 0.3) is 5.56 Å². The van der Waals surface area contributed by atoms with Crippen molar-refractivity contribution >= 4 is 10.9 Å². The van der Waals surface area contributed by atoms with Crippen LogP contribution in [-0.4, -0.2) is 15.7 Å². The maximum atomic E-state index is 12.9. The fourth-order valence-electron chi connectivity index (χ4n) is 5.41. The molecule has 3 aliphatic rings. The molecule has 5 nitrogen and oxygen atoms in total. The fourth-order valence-corrected chi connectivity index (χ4v) is 5.41. The summed E-state index contributed by atoms with van der Waals surface area (Å²) < 4.78 is 9.86. The standard InChI is InChI=1S/C27H27N3O2/c1-29-24-14-20(8-9-22(24)27-23-10-7-19(16-28-23)13-25(27)29)30-12-11-21(15-26(30)31)32-17-18-5-3-2-4-6-18/h2-6,8-9,11-12,14-15,19,23,28H,7,10,13,16-17H2,1H3. The van der Waals surface area contributed by atoms with Gasteiger partial charge in [0.05, 0.1) is 11.2 Å². The molecule has 0 spiro atoms. The first kappa shape index (κ1) is 19.4. The summed E-state index contributed by atoms with van der Waals surface area (Å²) in [4.78, 5) is 12.9. The number of nitrogens with zero attached hydrogens (tertiary/aromatic N) is 2. The Balaban J connectivity index is 1.33. The number of hydrogen-bond acceptors (Lipinski definition) is 3. The molecule has 2 aromatic carbocycles. The Morgan fingerprint density at radius 3 is 2.72 bits per heavy atom. The van der Waals surface area contributed by atoms with Crippen molar-refractivity contribution in [2.24, 2.45) is 13.0 Å². The highest BCUT2D eigenvalue weighted by atomic mass is 16.5. The molecule has 0 radical (unpaired) electrons. The van der Waals surface area contributed by atoms with Crippen LogP contribution in [0.3, 0.4) is 0 Å². The van der Waals surface area contributed by atoms with Crippen LogP contribution in [0.2, 0.25) is 0 Å². The van der Waals surface area contributed by atoms with Gasteiger partial charge in [-0.1, -0.05) is 36.4 Å². The summed E-state index contributed by atoms with van der Waals surface area (Å²) >= 11 is 0. The van der Waals surface area contributed by atoms with Gasteiger partial charge in [0.1, 0.15) is 12.4 Å². The van der Waals surface area contributed by atoms with E-state index in [1.165, 1.54) is 35.0 Å². The molecular formula is C27H27N3O2. The minimum Gasteiger partial charge on any atom is -0.489 e. The van der Waals surface area contributed by atoms with Gasteiger partial charge in [-0.3, -0.25) is 9.36 Å². The van der Waals surface area contributed by atoms with E-state index >= 15 is 0 Å². The number of pyridine rings is 1. The Hall–Kier alpha value is -3.31. The van der Waals surface area contributed by atoms with Crippen LogP contribution in [0.1, 0.15) is 35.7 Å². The van der Waals surface area contributed by atoms with E-state index in [1.54, 1.807) is 16.8 Å². The van der Waals surface area contributed by atoms with Crippen LogP contribution in [0.4, 0.5) is 0 Å². The number of benzene rings is 2. The first-order valence-electron chi connectivity index (χ1n) is 11.4. The first-order valence-corrected chi connectivity index (χ1v) is 11.4. The normalized spacial score (nSPS) is 19.7. The second-order valence-electron chi connectivity index (χ2n) is 9.07. The SMILES string of the molecule is Cn1c2c(c3ccc(-n4ccc(OCc5ccccc5)cc4=O)cc31)C1CCC(CN1)C2. The molecule has 0 amide bonds. The molecule has 2 aromatic heterocycles. The van der Waals surface area contributed by atoms with Gasteiger partial charge in [-0.25, -0.2) is 0 Å². The summed E-state index contributed by atoms with van der Waals surface area (Å²) in [7, 11) is 2.17. The van der Waals surface area contributed by atoms with Crippen molar-refractivity contribution in [1.82, 2.24) is 14.5 Å². The molecule has 162 valence electrons. The lowest BCUT2D eigenvalue weighted by atomic mass is 9.94. The number of piperidine rings is 1. The van der Waals surface area contributed by atoms with Crippen LogP contribution in [0.15, 0.2) is 71.7 Å². The first-order chi connectivity index (χ1) is 15.7. The van der Waals surface area contributed by atoms with Crippen LogP contribution < -0.4 is 15.6 Å². The Bertz CT molecular complexity index is 1340. The molecule has 32 heavy (non-hydrogen) atoms. The van der Waals surface area contributed by atoms with E-state index in [9.17, 15) is 4.79 Å². The molecule has 7 rings (SSSR count). The second-order valence-corrected chi connectivity index (χ2v) is 9.07. The molecule has 1 aliphatic carbocycles. The van der Waals surface area contributed by atoms with Crippen molar-refractivity contribution in [1.29, 1.82) is 0 Å². The topological polar surface area (TPSA) is 48.2 Å². The molecule has 1 N–H and O–H groups in total. The number of aromatic nitrogens is 2. The zero-order valence-corrected chi connectivity index (χ0v) is 18.3. The number of aryl methyl sites for hydroxylation is 1. The van der Waals surface area contributed by atoms with E-state index in [4.69, 9.17) is 4.74 Å². The van der Waals surface area contributed by atoms with E-state index in [0.29, 0.717) is 18.4 Å². The lowest BCUT2D eigenvalue weighted by Gasteiger charge is -2.25. The number of ether oxygens (including phenoxy) is 1. The van der Waals surface area contributed by atoms with Crippen molar-refractivity contribution < 1.29 is 4.74 Å². The van der Waals surface area contributed by atoms with Crippen LogP contribution in [0.5, 0.6) is 5.75 Å². The summed E-state index contributed by atoms with van der Waals surface area (Å²) in [6.45, 7) is 1.56. The van der Waals surface area contributed by atoms with Gasteiger partial charge in [0, 0.05) is 36.4 Å². The number of hydrogen-bond donors (Lipinski definition) is 1. The van der Waals surface area contributed by atoms with Gasteiger partial charge in [0.2, 0.25) is 0 Å². The molecule has 0 saturated carbocycles. The monoisotopic (exact) mass is 425 g/mol. The molecule has 2 atom stereocenters. The van der Waals surface area contributed by atoms with Gasteiger partial charge < -0.3 is 14.6 Å². The van der Waals surface area contributed by atoms with Crippen LogP contribution in [0, 0.1) is 5.92 Å². The van der Waals surface area contributed by atoms with Crippen LogP contribution in [0.25, 0.3) is 16.6 Å². The average Bonchev–Trinajstić information content (AvgIpc) is 2.97. The lowest BCUT2D eigenvalue weighted by Crippen LogP contribution is -2.30.